The van der Waals surface area contributed by atoms with E-state index >= 15 is 0 Å². The van der Waals surface area contributed by atoms with Crippen LogP contribution in [0.5, 0.6) is 0 Å². The largest absolute Gasteiger partial charge is 0.396 e. The fourth-order valence-electron chi connectivity index (χ4n) is 1.66. The first-order valence-corrected chi connectivity index (χ1v) is 5.52. The maximum atomic E-state index is 6.27. The number of fused-ring (bicyclic) bond motifs is 1. The second kappa shape index (κ2) is 4.00. The van der Waals surface area contributed by atoms with Crippen LogP contribution in [0.4, 0.5) is 11.4 Å². The zero-order valence-corrected chi connectivity index (χ0v) is 10.4. The van der Waals surface area contributed by atoms with E-state index in [9.17, 15) is 0 Å². The Kier molecular flexibility index (Phi) is 2.82. The molecule has 16 heavy (non-hydrogen) atoms. The third kappa shape index (κ3) is 1.56. The molecule has 0 aliphatic carbocycles. The fraction of sp³-hybridized carbons (Fsp3) is 0.182. The van der Waals surface area contributed by atoms with Crippen LogP contribution in [0.2, 0.25) is 10.0 Å². The van der Waals surface area contributed by atoms with Crippen molar-refractivity contribution in [3.05, 3.63) is 27.9 Å². The van der Waals surface area contributed by atoms with Crippen LogP contribution in [0, 0.1) is 6.92 Å². The minimum atomic E-state index is 0.568. The van der Waals surface area contributed by atoms with Gasteiger partial charge in [-0.1, -0.05) is 23.2 Å². The Morgan fingerprint density at radius 2 is 2.06 bits per heavy atom. The average Bonchev–Trinajstić information content (AvgIpc) is 2.27. The van der Waals surface area contributed by atoms with Crippen molar-refractivity contribution in [3.8, 4) is 0 Å². The van der Waals surface area contributed by atoms with E-state index in [4.69, 9.17) is 28.9 Å². The van der Waals surface area contributed by atoms with Crippen molar-refractivity contribution in [2.24, 2.45) is 0 Å². The highest BCUT2D eigenvalue weighted by atomic mass is 35.5. The summed E-state index contributed by atoms with van der Waals surface area (Å²) in [6.07, 6.45) is 1.59. The highest BCUT2D eigenvalue weighted by Crippen LogP contribution is 2.38. The molecule has 1 aromatic carbocycles. The molecular weight excluding hydrogens is 245 g/mol. The minimum Gasteiger partial charge on any atom is -0.396 e. The molecule has 0 amide bonds. The maximum absolute atomic E-state index is 6.27. The van der Waals surface area contributed by atoms with Crippen molar-refractivity contribution in [3.63, 3.8) is 0 Å². The van der Waals surface area contributed by atoms with Gasteiger partial charge in [-0.3, -0.25) is 4.98 Å². The molecule has 0 saturated heterocycles. The zero-order chi connectivity index (χ0) is 11.9. The van der Waals surface area contributed by atoms with Gasteiger partial charge in [-0.05, 0) is 18.6 Å². The second-order valence-corrected chi connectivity index (χ2v) is 4.32. The van der Waals surface area contributed by atoms with E-state index in [2.05, 4.69) is 10.3 Å². The first kappa shape index (κ1) is 11.3. The molecule has 0 aliphatic rings. The molecule has 5 heteroatoms. The lowest BCUT2D eigenvalue weighted by molar-refractivity contribution is 1.38. The summed E-state index contributed by atoms with van der Waals surface area (Å²) in [7, 11) is 1.80. The molecule has 0 fully saturated rings. The van der Waals surface area contributed by atoms with E-state index in [1.165, 1.54) is 0 Å². The second-order valence-electron chi connectivity index (χ2n) is 3.53. The molecule has 0 unspecified atom stereocenters. The maximum Gasteiger partial charge on any atom is 0.0754 e. The predicted octanol–water partition coefficient (Wildman–Crippen LogP) is 3.47. The van der Waals surface area contributed by atoms with Gasteiger partial charge in [0.15, 0.2) is 0 Å². The Bertz CT molecular complexity index is 567. The number of anilines is 2. The number of rotatable bonds is 1. The van der Waals surface area contributed by atoms with Gasteiger partial charge in [0, 0.05) is 17.5 Å². The highest BCUT2D eigenvalue weighted by molar-refractivity contribution is 6.40. The summed E-state index contributed by atoms with van der Waals surface area (Å²) in [6.45, 7) is 1.87. The Labute approximate surface area is 104 Å². The molecule has 0 atom stereocenters. The summed E-state index contributed by atoms with van der Waals surface area (Å²) in [5.74, 6) is 0. The van der Waals surface area contributed by atoms with Gasteiger partial charge in [0.1, 0.15) is 0 Å². The first-order valence-electron chi connectivity index (χ1n) is 4.76. The van der Waals surface area contributed by atoms with Gasteiger partial charge in [0.25, 0.3) is 0 Å². The lowest BCUT2D eigenvalue weighted by Gasteiger charge is -2.12. The number of benzene rings is 1. The van der Waals surface area contributed by atoms with Gasteiger partial charge in [0.2, 0.25) is 0 Å². The number of pyridine rings is 1. The number of hydrogen-bond acceptors (Lipinski definition) is 3. The molecule has 0 saturated carbocycles. The van der Waals surface area contributed by atoms with E-state index in [0.717, 1.165) is 22.2 Å². The van der Waals surface area contributed by atoms with E-state index in [0.29, 0.717) is 15.7 Å². The van der Waals surface area contributed by atoms with Crippen LogP contribution in [-0.2, 0) is 0 Å². The van der Waals surface area contributed by atoms with Gasteiger partial charge in [-0.15, -0.1) is 0 Å². The van der Waals surface area contributed by atoms with Crippen molar-refractivity contribution in [2.75, 3.05) is 18.1 Å². The van der Waals surface area contributed by atoms with Crippen LogP contribution in [0.15, 0.2) is 12.3 Å². The molecule has 0 aliphatic heterocycles. The molecule has 1 aromatic heterocycles. The Balaban J connectivity index is 2.97. The summed E-state index contributed by atoms with van der Waals surface area (Å²) < 4.78 is 0. The van der Waals surface area contributed by atoms with Crippen LogP contribution in [0.3, 0.4) is 0 Å². The summed E-state index contributed by atoms with van der Waals surface area (Å²) in [6, 6.07) is 1.79. The van der Waals surface area contributed by atoms with Gasteiger partial charge in [0.05, 0.1) is 28.1 Å². The zero-order valence-electron chi connectivity index (χ0n) is 8.94. The van der Waals surface area contributed by atoms with E-state index < -0.39 is 0 Å². The Hall–Kier alpha value is -1.19. The summed E-state index contributed by atoms with van der Waals surface area (Å²) in [5, 5.41) is 5.04. The van der Waals surface area contributed by atoms with Crippen molar-refractivity contribution >= 4 is 45.5 Å². The number of aromatic nitrogens is 1. The van der Waals surface area contributed by atoms with Gasteiger partial charge in [-0.25, -0.2) is 0 Å². The normalized spacial score (nSPS) is 10.8. The molecule has 3 nitrogen and oxygen atoms in total. The SMILES string of the molecule is CNc1c(N)cnc2cc(Cl)c(C)c(Cl)c12. The van der Waals surface area contributed by atoms with E-state index in [-0.39, 0.29) is 0 Å². The van der Waals surface area contributed by atoms with Crippen LogP contribution < -0.4 is 11.1 Å². The molecule has 0 radical (unpaired) electrons. The third-order valence-electron chi connectivity index (χ3n) is 2.56. The number of nitrogens with two attached hydrogens (primary N) is 1. The highest BCUT2D eigenvalue weighted by Gasteiger charge is 2.13. The monoisotopic (exact) mass is 255 g/mol. The number of nitrogens with zero attached hydrogens (tertiary/aromatic N) is 1. The number of nitrogens with one attached hydrogen (secondary N) is 1. The summed E-state index contributed by atoms with van der Waals surface area (Å²) >= 11 is 12.3. The van der Waals surface area contributed by atoms with E-state index in [1.807, 2.05) is 6.92 Å². The number of hydrogen-bond donors (Lipinski definition) is 2. The fourth-order valence-corrected chi connectivity index (χ4v) is 2.20. The van der Waals surface area contributed by atoms with Crippen LogP contribution in [0.25, 0.3) is 10.9 Å². The quantitative estimate of drug-likeness (QED) is 0.821. The van der Waals surface area contributed by atoms with Crippen LogP contribution in [0.1, 0.15) is 5.56 Å². The summed E-state index contributed by atoms with van der Waals surface area (Å²) in [4.78, 5) is 4.22. The average molecular weight is 256 g/mol. The van der Waals surface area contributed by atoms with Crippen molar-refractivity contribution in [2.45, 2.75) is 6.92 Å². The Morgan fingerprint density at radius 1 is 1.38 bits per heavy atom. The topological polar surface area (TPSA) is 50.9 Å². The standard InChI is InChI=1S/C11H11Cl2N3/c1-5-6(12)3-8-9(10(5)13)11(15-2)7(14)4-16-8/h3-4H,14H2,1-2H3,(H,15,16). The molecule has 0 spiro atoms. The Morgan fingerprint density at radius 3 is 2.69 bits per heavy atom. The minimum absolute atomic E-state index is 0.568. The van der Waals surface area contributed by atoms with Crippen LogP contribution >= 0.6 is 23.2 Å². The number of halogens is 2. The smallest absolute Gasteiger partial charge is 0.0754 e. The van der Waals surface area contributed by atoms with E-state index in [1.54, 1.807) is 19.3 Å². The predicted molar refractivity (Wildman–Crippen MR) is 70.5 cm³/mol. The number of nitrogen functional groups attached to an aromatic ring is 1. The molecule has 1 heterocycles. The van der Waals surface area contributed by atoms with Crippen molar-refractivity contribution < 1.29 is 0 Å². The third-order valence-corrected chi connectivity index (χ3v) is 3.42. The van der Waals surface area contributed by atoms with Gasteiger partial charge in [-0.2, -0.15) is 0 Å². The van der Waals surface area contributed by atoms with Crippen LogP contribution in [-0.4, -0.2) is 12.0 Å². The molecule has 0 bridgehead atoms. The molecule has 3 N–H and O–H groups in total. The molecular formula is C11H11Cl2N3. The molecule has 84 valence electrons. The van der Waals surface area contributed by atoms with Crippen molar-refractivity contribution in [1.29, 1.82) is 0 Å². The lowest BCUT2D eigenvalue weighted by Crippen LogP contribution is -1.99. The molecule has 2 rings (SSSR count). The lowest BCUT2D eigenvalue weighted by atomic mass is 10.1. The molecule has 2 aromatic rings. The van der Waals surface area contributed by atoms with Gasteiger partial charge < -0.3 is 11.1 Å². The van der Waals surface area contributed by atoms with Crippen molar-refractivity contribution in [1.82, 2.24) is 4.98 Å². The summed E-state index contributed by atoms with van der Waals surface area (Å²) in [5.41, 5.74) is 8.76. The first-order chi connectivity index (χ1) is 7.56. The van der Waals surface area contributed by atoms with Gasteiger partial charge >= 0.3 is 0 Å².